The van der Waals surface area contributed by atoms with Gasteiger partial charge >= 0.3 is 0 Å². The molecule has 0 N–H and O–H groups in total. The first-order chi connectivity index (χ1) is 10.2. The minimum Gasteiger partial charge on any atom is -0.338 e. The number of likely N-dealkylation sites (tertiary alicyclic amines) is 1. The summed E-state index contributed by atoms with van der Waals surface area (Å²) in [4.78, 5) is 18.7. The van der Waals surface area contributed by atoms with Gasteiger partial charge in [0.2, 0.25) is 5.91 Å². The molecule has 1 amide bonds. The van der Waals surface area contributed by atoms with Crippen LogP contribution in [0.25, 0.3) is 0 Å². The number of thiophene rings is 1. The number of carbonyl (C=O) groups excluding carboxylic acids is 1. The zero-order valence-electron chi connectivity index (χ0n) is 13.5. The largest absolute Gasteiger partial charge is 0.338 e. The molecule has 1 aliphatic rings. The van der Waals surface area contributed by atoms with E-state index in [1.54, 1.807) is 11.3 Å². The molecule has 0 spiro atoms. The van der Waals surface area contributed by atoms with Crippen molar-refractivity contribution >= 4 is 17.2 Å². The highest BCUT2D eigenvalue weighted by atomic mass is 32.1. The average Bonchev–Trinajstić information content (AvgIpc) is 3.04. The number of nitrogens with zero attached hydrogens (tertiary/aromatic N) is 2. The number of hydrogen-bond acceptors (Lipinski definition) is 3. The molecule has 0 aromatic carbocycles. The van der Waals surface area contributed by atoms with Crippen LogP contribution >= 0.6 is 11.3 Å². The van der Waals surface area contributed by atoms with E-state index in [1.165, 1.54) is 17.7 Å². The minimum atomic E-state index is -0.0238. The highest BCUT2D eigenvalue weighted by Gasteiger charge is 2.30. The maximum Gasteiger partial charge on any atom is 0.239 e. The van der Waals surface area contributed by atoms with E-state index in [0.29, 0.717) is 11.9 Å². The summed E-state index contributed by atoms with van der Waals surface area (Å²) < 4.78 is 0. The molecule has 2 rings (SSSR count). The van der Waals surface area contributed by atoms with Crippen molar-refractivity contribution in [1.29, 1.82) is 0 Å². The number of rotatable bonds is 6. The Morgan fingerprint density at radius 3 is 2.90 bits per heavy atom. The Kier molecular flexibility index (Phi) is 6.24. The lowest BCUT2D eigenvalue weighted by Crippen LogP contribution is -2.52. The Morgan fingerprint density at radius 2 is 2.29 bits per heavy atom. The van der Waals surface area contributed by atoms with Crippen LogP contribution in [0.15, 0.2) is 17.5 Å². The molecule has 0 radical (unpaired) electrons. The van der Waals surface area contributed by atoms with Crippen molar-refractivity contribution in [1.82, 2.24) is 9.80 Å². The Hall–Kier alpha value is -0.870. The zero-order chi connectivity index (χ0) is 15.2. The lowest BCUT2D eigenvalue weighted by atomic mass is 9.99. The van der Waals surface area contributed by atoms with E-state index in [2.05, 4.69) is 48.1 Å². The minimum absolute atomic E-state index is 0.0238. The second kappa shape index (κ2) is 7.95. The van der Waals surface area contributed by atoms with Gasteiger partial charge in [-0.05, 0) is 50.6 Å². The smallest absolute Gasteiger partial charge is 0.239 e. The average molecular weight is 308 g/mol. The van der Waals surface area contributed by atoms with Crippen LogP contribution in [0.1, 0.15) is 51.3 Å². The molecule has 1 aromatic heterocycles. The van der Waals surface area contributed by atoms with Gasteiger partial charge in [-0.1, -0.05) is 19.9 Å². The van der Waals surface area contributed by atoms with E-state index in [-0.39, 0.29) is 6.04 Å². The van der Waals surface area contributed by atoms with E-state index in [1.807, 2.05) is 0 Å². The second-order valence-electron chi connectivity index (χ2n) is 5.91. The zero-order valence-corrected chi connectivity index (χ0v) is 14.4. The normalized spacial score (nSPS) is 20.8. The van der Waals surface area contributed by atoms with Crippen LogP contribution in [-0.2, 0) is 11.3 Å². The summed E-state index contributed by atoms with van der Waals surface area (Å²) in [7, 11) is 0. The molecule has 1 saturated heterocycles. The second-order valence-corrected chi connectivity index (χ2v) is 6.94. The van der Waals surface area contributed by atoms with E-state index in [4.69, 9.17) is 0 Å². The van der Waals surface area contributed by atoms with Gasteiger partial charge in [-0.3, -0.25) is 9.69 Å². The van der Waals surface area contributed by atoms with Crippen molar-refractivity contribution in [3.05, 3.63) is 22.4 Å². The molecule has 4 heteroatoms. The molecule has 1 aromatic rings. The van der Waals surface area contributed by atoms with E-state index < -0.39 is 0 Å². The highest BCUT2D eigenvalue weighted by molar-refractivity contribution is 7.09. The molecule has 118 valence electrons. The highest BCUT2D eigenvalue weighted by Crippen LogP contribution is 2.22. The quantitative estimate of drug-likeness (QED) is 0.799. The van der Waals surface area contributed by atoms with Crippen molar-refractivity contribution in [2.75, 3.05) is 13.1 Å². The molecular weight excluding hydrogens is 280 g/mol. The van der Waals surface area contributed by atoms with E-state index in [9.17, 15) is 4.79 Å². The Balaban J connectivity index is 2.01. The number of likely N-dealkylation sites (N-methyl/N-ethyl adjacent to an activating group) is 1. The van der Waals surface area contributed by atoms with Crippen LogP contribution in [0.3, 0.4) is 0 Å². The first-order valence-corrected chi connectivity index (χ1v) is 9.12. The van der Waals surface area contributed by atoms with Crippen LogP contribution in [0.5, 0.6) is 0 Å². The van der Waals surface area contributed by atoms with Crippen molar-refractivity contribution in [2.24, 2.45) is 0 Å². The molecule has 3 nitrogen and oxygen atoms in total. The van der Waals surface area contributed by atoms with Crippen LogP contribution in [-0.4, -0.2) is 40.9 Å². The first-order valence-electron chi connectivity index (χ1n) is 8.24. The lowest BCUT2D eigenvalue weighted by Gasteiger charge is -2.39. The Morgan fingerprint density at radius 1 is 1.48 bits per heavy atom. The van der Waals surface area contributed by atoms with Crippen molar-refractivity contribution in [3.8, 4) is 0 Å². The maximum absolute atomic E-state index is 12.9. The van der Waals surface area contributed by atoms with Gasteiger partial charge in [-0.2, -0.15) is 0 Å². The molecule has 0 saturated carbocycles. The van der Waals surface area contributed by atoms with E-state index >= 15 is 0 Å². The Bertz CT molecular complexity index is 432. The van der Waals surface area contributed by atoms with Crippen LogP contribution in [0, 0.1) is 0 Å². The summed E-state index contributed by atoms with van der Waals surface area (Å²) in [6.45, 7) is 9.15. The van der Waals surface area contributed by atoms with Gasteiger partial charge in [0.05, 0.1) is 6.04 Å². The third-order valence-corrected chi connectivity index (χ3v) is 5.49. The Labute approximate surface area is 132 Å². The van der Waals surface area contributed by atoms with Gasteiger partial charge < -0.3 is 4.90 Å². The number of piperidine rings is 1. The van der Waals surface area contributed by atoms with Crippen molar-refractivity contribution in [3.63, 3.8) is 0 Å². The maximum atomic E-state index is 12.9. The fraction of sp³-hybridized carbons (Fsp3) is 0.706. The summed E-state index contributed by atoms with van der Waals surface area (Å²) >= 11 is 1.77. The topological polar surface area (TPSA) is 23.6 Å². The van der Waals surface area contributed by atoms with Crippen molar-refractivity contribution < 1.29 is 4.79 Å². The van der Waals surface area contributed by atoms with Gasteiger partial charge in [0.15, 0.2) is 0 Å². The summed E-state index contributed by atoms with van der Waals surface area (Å²) in [6, 6.07) is 4.66. The molecule has 2 unspecified atom stereocenters. The molecule has 21 heavy (non-hydrogen) atoms. The molecule has 2 heterocycles. The molecule has 0 bridgehead atoms. The standard InChI is InChI=1S/C17H28N2OS/c1-4-15-9-6-7-11-19(15)17(20)14(3)18(5-2)13-16-10-8-12-21-16/h8,10,12,14-15H,4-7,9,11,13H2,1-3H3. The predicted molar refractivity (Wildman–Crippen MR) is 89.5 cm³/mol. The summed E-state index contributed by atoms with van der Waals surface area (Å²) in [5.74, 6) is 0.319. The van der Waals surface area contributed by atoms with Crippen LogP contribution < -0.4 is 0 Å². The lowest BCUT2D eigenvalue weighted by molar-refractivity contribution is -0.140. The number of carbonyl (C=O) groups is 1. The van der Waals surface area contributed by atoms with E-state index in [0.717, 1.165) is 32.5 Å². The molecular formula is C17H28N2OS. The SMILES string of the molecule is CCC1CCCCN1C(=O)C(C)N(CC)Cc1cccs1. The number of amides is 1. The van der Waals surface area contributed by atoms with Gasteiger partial charge in [0, 0.05) is 24.0 Å². The van der Waals surface area contributed by atoms with Gasteiger partial charge in [0.25, 0.3) is 0 Å². The van der Waals surface area contributed by atoms with Crippen LogP contribution in [0.4, 0.5) is 0 Å². The van der Waals surface area contributed by atoms with Gasteiger partial charge in [0.1, 0.15) is 0 Å². The molecule has 1 aliphatic heterocycles. The fourth-order valence-electron chi connectivity index (χ4n) is 3.24. The van der Waals surface area contributed by atoms with Gasteiger partial charge in [-0.15, -0.1) is 11.3 Å². The van der Waals surface area contributed by atoms with Gasteiger partial charge in [-0.25, -0.2) is 0 Å². The molecule has 2 atom stereocenters. The van der Waals surface area contributed by atoms with Crippen molar-refractivity contribution in [2.45, 2.75) is 65.1 Å². The molecule has 0 aliphatic carbocycles. The summed E-state index contributed by atoms with van der Waals surface area (Å²) in [6.07, 6.45) is 4.68. The predicted octanol–water partition coefficient (Wildman–Crippen LogP) is 3.75. The summed E-state index contributed by atoms with van der Waals surface area (Å²) in [5.41, 5.74) is 0. The third kappa shape index (κ3) is 4.07. The fourth-order valence-corrected chi connectivity index (χ4v) is 3.97. The van der Waals surface area contributed by atoms with Crippen LogP contribution in [0.2, 0.25) is 0 Å². The summed E-state index contributed by atoms with van der Waals surface area (Å²) in [5, 5.41) is 2.10. The molecule has 1 fully saturated rings. The monoisotopic (exact) mass is 308 g/mol. The first kappa shape index (κ1) is 16.5. The third-order valence-electron chi connectivity index (χ3n) is 4.63. The number of hydrogen-bond donors (Lipinski definition) is 0.